The Bertz CT molecular complexity index is 766. The molecule has 0 spiro atoms. The van der Waals surface area contributed by atoms with Gasteiger partial charge in [0.1, 0.15) is 5.75 Å². The fraction of sp³-hybridized carbons (Fsp3) is 0.158. The highest BCUT2D eigenvalue weighted by Gasteiger charge is 2.04. The molecule has 0 fully saturated rings. The Morgan fingerprint density at radius 2 is 1.86 bits per heavy atom. The number of nitrogens with one attached hydrogen (secondary N) is 1. The summed E-state index contributed by atoms with van der Waals surface area (Å²) in [5, 5.41) is 1.26. The van der Waals surface area contributed by atoms with E-state index in [-0.39, 0.29) is 0 Å². The number of H-pyrrole nitrogens is 1. The second kappa shape index (κ2) is 5.88. The van der Waals surface area contributed by atoms with Gasteiger partial charge < -0.3 is 9.72 Å². The van der Waals surface area contributed by atoms with Crippen LogP contribution in [0.4, 0.5) is 0 Å². The molecule has 0 aliphatic carbocycles. The van der Waals surface area contributed by atoms with Gasteiger partial charge in [0, 0.05) is 22.7 Å². The lowest BCUT2D eigenvalue weighted by molar-refractivity contribution is 0.415. The van der Waals surface area contributed by atoms with Crippen LogP contribution in [0.2, 0.25) is 0 Å². The molecule has 2 heteroatoms. The van der Waals surface area contributed by atoms with Crippen LogP contribution in [0.3, 0.4) is 0 Å². The summed E-state index contributed by atoms with van der Waals surface area (Å²) in [5.74, 6) is 0.890. The van der Waals surface area contributed by atoms with Crippen LogP contribution < -0.4 is 4.74 Å². The lowest BCUT2D eigenvalue weighted by Crippen LogP contribution is -1.86. The molecule has 21 heavy (non-hydrogen) atoms. The number of methoxy groups -OCH3 is 1. The first kappa shape index (κ1) is 13.5. The van der Waals surface area contributed by atoms with Crippen molar-refractivity contribution in [2.75, 3.05) is 7.11 Å². The van der Waals surface area contributed by atoms with Gasteiger partial charge in [-0.25, -0.2) is 0 Å². The number of ether oxygens (including phenoxy) is 1. The van der Waals surface area contributed by atoms with Gasteiger partial charge in [-0.05, 0) is 41.8 Å². The van der Waals surface area contributed by atoms with Crippen molar-refractivity contribution in [1.82, 2.24) is 4.98 Å². The van der Waals surface area contributed by atoms with E-state index >= 15 is 0 Å². The van der Waals surface area contributed by atoms with Crippen LogP contribution in [0.5, 0.6) is 5.75 Å². The molecular weight excluding hydrogens is 258 g/mol. The summed E-state index contributed by atoms with van der Waals surface area (Å²) in [5.41, 5.74) is 4.97. The predicted octanol–water partition coefficient (Wildman–Crippen LogP) is 5.13. The number of aromatic amines is 1. The molecule has 0 radical (unpaired) electrons. The van der Waals surface area contributed by atoms with E-state index in [0.717, 1.165) is 12.2 Å². The van der Waals surface area contributed by atoms with Gasteiger partial charge in [0.25, 0.3) is 0 Å². The second-order valence-electron chi connectivity index (χ2n) is 5.04. The highest BCUT2D eigenvalue weighted by Crippen LogP contribution is 2.27. The Kier molecular flexibility index (Phi) is 3.78. The normalized spacial score (nSPS) is 11.8. The summed E-state index contributed by atoms with van der Waals surface area (Å²) >= 11 is 0. The molecule has 0 aliphatic rings. The summed E-state index contributed by atoms with van der Waals surface area (Å²) in [7, 11) is 1.69. The smallest absolute Gasteiger partial charge is 0.118 e. The maximum absolute atomic E-state index is 5.22. The van der Waals surface area contributed by atoms with E-state index in [1.54, 1.807) is 7.11 Å². The summed E-state index contributed by atoms with van der Waals surface area (Å²) in [6.45, 7) is 2.19. The molecule has 1 heterocycles. The third-order valence-corrected chi connectivity index (χ3v) is 3.79. The monoisotopic (exact) mass is 277 g/mol. The van der Waals surface area contributed by atoms with Gasteiger partial charge in [0.05, 0.1) is 7.11 Å². The maximum atomic E-state index is 5.22. The Morgan fingerprint density at radius 1 is 1.10 bits per heavy atom. The Morgan fingerprint density at radius 3 is 2.57 bits per heavy atom. The van der Waals surface area contributed by atoms with E-state index in [1.807, 2.05) is 12.1 Å². The van der Waals surface area contributed by atoms with E-state index < -0.39 is 0 Å². The van der Waals surface area contributed by atoms with Gasteiger partial charge in [0.2, 0.25) is 0 Å². The highest BCUT2D eigenvalue weighted by atomic mass is 16.5. The average molecular weight is 277 g/mol. The standard InChI is InChI=1S/C19H19NO/c1-3-14(15-8-10-17(21-2)11-9-15)12-16-13-20-19-7-5-4-6-18(16)19/h4-13,20H,3H2,1-2H3. The Balaban J connectivity index is 2.01. The first-order valence-electron chi connectivity index (χ1n) is 7.23. The van der Waals surface area contributed by atoms with Gasteiger partial charge in [-0.3, -0.25) is 0 Å². The van der Waals surface area contributed by atoms with E-state index in [4.69, 9.17) is 4.74 Å². The van der Waals surface area contributed by atoms with Crippen LogP contribution in [0.1, 0.15) is 24.5 Å². The molecular formula is C19H19NO. The molecule has 106 valence electrons. The van der Waals surface area contributed by atoms with Crippen molar-refractivity contribution in [2.24, 2.45) is 0 Å². The van der Waals surface area contributed by atoms with Crippen LogP contribution in [0.25, 0.3) is 22.6 Å². The predicted molar refractivity (Wildman–Crippen MR) is 89.5 cm³/mol. The lowest BCUT2D eigenvalue weighted by Gasteiger charge is -2.06. The second-order valence-corrected chi connectivity index (χ2v) is 5.04. The molecule has 0 unspecified atom stereocenters. The average Bonchev–Trinajstić information content (AvgIpc) is 2.96. The molecule has 2 aromatic carbocycles. The zero-order chi connectivity index (χ0) is 14.7. The molecule has 3 rings (SSSR count). The molecule has 1 aromatic heterocycles. The molecule has 2 nitrogen and oxygen atoms in total. The van der Waals surface area contributed by atoms with E-state index in [9.17, 15) is 0 Å². The van der Waals surface area contributed by atoms with Crippen LogP contribution in [0, 0.1) is 0 Å². The largest absolute Gasteiger partial charge is 0.497 e. The minimum atomic E-state index is 0.890. The number of hydrogen-bond acceptors (Lipinski definition) is 1. The topological polar surface area (TPSA) is 25.0 Å². The van der Waals surface area contributed by atoms with Crippen molar-refractivity contribution >= 4 is 22.6 Å². The number of rotatable bonds is 4. The van der Waals surface area contributed by atoms with Crippen LogP contribution in [-0.2, 0) is 0 Å². The Labute approximate surface area is 125 Å². The summed E-state index contributed by atoms with van der Waals surface area (Å²) < 4.78 is 5.22. The van der Waals surface area contributed by atoms with Crippen molar-refractivity contribution in [1.29, 1.82) is 0 Å². The number of benzene rings is 2. The number of aromatic nitrogens is 1. The van der Waals surface area contributed by atoms with Crippen LogP contribution in [0.15, 0.2) is 54.7 Å². The molecule has 0 saturated carbocycles. The van der Waals surface area contributed by atoms with E-state index in [0.29, 0.717) is 0 Å². The first-order chi connectivity index (χ1) is 10.3. The zero-order valence-corrected chi connectivity index (χ0v) is 12.4. The van der Waals surface area contributed by atoms with Crippen molar-refractivity contribution in [3.05, 3.63) is 65.9 Å². The third kappa shape index (κ3) is 2.70. The number of allylic oxidation sites excluding steroid dienone is 1. The van der Waals surface area contributed by atoms with Crippen molar-refractivity contribution < 1.29 is 4.74 Å². The highest BCUT2D eigenvalue weighted by molar-refractivity contribution is 5.94. The minimum absolute atomic E-state index is 0.890. The molecule has 0 bridgehead atoms. The van der Waals surface area contributed by atoms with E-state index in [1.165, 1.54) is 27.6 Å². The summed E-state index contributed by atoms with van der Waals surface area (Å²) in [4.78, 5) is 3.32. The van der Waals surface area contributed by atoms with E-state index in [2.05, 4.69) is 60.6 Å². The van der Waals surface area contributed by atoms with Gasteiger partial charge >= 0.3 is 0 Å². The number of hydrogen-bond donors (Lipinski definition) is 1. The molecule has 3 aromatic rings. The molecule has 0 aliphatic heterocycles. The third-order valence-electron chi connectivity index (χ3n) is 3.79. The van der Waals surface area contributed by atoms with Crippen molar-refractivity contribution in [3.8, 4) is 5.75 Å². The first-order valence-corrected chi connectivity index (χ1v) is 7.23. The SMILES string of the molecule is CCC(=Cc1c[nH]c2ccccc12)c1ccc(OC)cc1. The van der Waals surface area contributed by atoms with Crippen molar-refractivity contribution in [3.63, 3.8) is 0 Å². The summed E-state index contributed by atoms with van der Waals surface area (Å²) in [6.07, 6.45) is 5.33. The van der Waals surface area contributed by atoms with Crippen molar-refractivity contribution in [2.45, 2.75) is 13.3 Å². The van der Waals surface area contributed by atoms with Gasteiger partial charge in [-0.15, -0.1) is 0 Å². The summed E-state index contributed by atoms with van der Waals surface area (Å²) in [6, 6.07) is 16.6. The fourth-order valence-electron chi connectivity index (χ4n) is 2.60. The number of para-hydroxylation sites is 1. The zero-order valence-electron chi connectivity index (χ0n) is 12.4. The van der Waals surface area contributed by atoms with Crippen LogP contribution in [-0.4, -0.2) is 12.1 Å². The molecule has 0 atom stereocenters. The van der Waals surface area contributed by atoms with Gasteiger partial charge in [-0.1, -0.05) is 37.3 Å². The fourth-order valence-corrected chi connectivity index (χ4v) is 2.60. The van der Waals surface area contributed by atoms with Gasteiger partial charge in [-0.2, -0.15) is 0 Å². The quantitative estimate of drug-likeness (QED) is 0.703. The van der Waals surface area contributed by atoms with Gasteiger partial charge in [0.15, 0.2) is 0 Å². The maximum Gasteiger partial charge on any atom is 0.118 e. The molecule has 0 amide bonds. The molecule has 0 saturated heterocycles. The molecule has 1 N–H and O–H groups in total. The minimum Gasteiger partial charge on any atom is -0.497 e. The van der Waals surface area contributed by atoms with Crippen LogP contribution >= 0.6 is 0 Å². The lowest BCUT2D eigenvalue weighted by atomic mass is 10.0. The number of fused-ring (bicyclic) bond motifs is 1. The Hall–Kier alpha value is -2.48.